The van der Waals surface area contributed by atoms with Gasteiger partial charge in [0.15, 0.2) is 0 Å². The summed E-state index contributed by atoms with van der Waals surface area (Å²) >= 11 is 0. The molecule has 2 fully saturated rings. The molecule has 2 aromatic rings. The van der Waals surface area contributed by atoms with Gasteiger partial charge in [0.2, 0.25) is 11.8 Å². The van der Waals surface area contributed by atoms with Crippen molar-refractivity contribution in [1.29, 1.82) is 0 Å². The van der Waals surface area contributed by atoms with Gasteiger partial charge in [-0.25, -0.2) is 0 Å². The van der Waals surface area contributed by atoms with E-state index < -0.39 is 0 Å². The van der Waals surface area contributed by atoms with Crippen LogP contribution in [0.3, 0.4) is 0 Å². The Balaban J connectivity index is 1.42. The number of carbonyl (C=O) groups is 2. The molecule has 28 heavy (non-hydrogen) atoms. The Kier molecular flexibility index (Phi) is 5.44. The Bertz CT molecular complexity index is 771. The van der Waals surface area contributed by atoms with E-state index in [1.54, 1.807) is 6.92 Å². The number of hydrogen-bond donors (Lipinski definition) is 0. The van der Waals surface area contributed by atoms with E-state index in [1.807, 2.05) is 70.5 Å². The SMILES string of the molecule is CC(=O)N1CCN(C2CN(C(=O)C(c3ccccc3)c3ccccc3)C2)CC1. The van der Waals surface area contributed by atoms with E-state index in [9.17, 15) is 9.59 Å². The molecule has 0 bridgehead atoms. The predicted molar refractivity (Wildman–Crippen MR) is 109 cm³/mol. The highest BCUT2D eigenvalue weighted by atomic mass is 16.2. The molecule has 2 saturated heterocycles. The molecule has 0 radical (unpaired) electrons. The molecule has 4 rings (SSSR count). The second-order valence-corrected chi connectivity index (χ2v) is 7.69. The van der Waals surface area contributed by atoms with E-state index in [0.29, 0.717) is 6.04 Å². The molecule has 0 unspecified atom stereocenters. The van der Waals surface area contributed by atoms with Gasteiger partial charge in [-0.1, -0.05) is 60.7 Å². The van der Waals surface area contributed by atoms with Crippen LogP contribution < -0.4 is 0 Å². The lowest BCUT2D eigenvalue weighted by Crippen LogP contribution is -2.65. The fourth-order valence-electron chi connectivity index (χ4n) is 4.22. The van der Waals surface area contributed by atoms with E-state index >= 15 is 0 Å². The molecular weight excluding hydrogens is 350 g/mol. The minimum atomic E-state index is -0.252. The molecule has 2 aliphatic heterocycles. The molecule has 0 aliphatic carbocycles. The van der Waals surface area contributed by atoms with Crippen LogP contribution in [0.5, 0.6) is 0 Å². The molecule has 146 valence electrons. The van der Waals surface area contributed by atoms with E-state index in [1.165, 1.54) is 0 Å². The minimum Gasteiger partial charge on any atom is -0.340 e. The lowest BCUT2D eigenvalue weighted by molar-refractivity contribution is -0.140. The number of piperazine rings is 1. The molecular formula is C23H27N3O2. The third kappa shape index (κ3) is 3.80. The quantitative estimate of drug-likeness (QED) is 0.820. The second-order valence-electron chi connectivity index (χ2n) is 7.69. The summed E-state index contributed by atoms with van der Waals surface area (Å²) in [6.07, 6.45) is 0. The van der Waals surface area contributed by atoms with Crippen LogP contribution in [-0.4, -0.2) is 71.8 Å². The molecule has 2 aliphatic rings. The first kappa shape index (κ1) is 18.7. The van der Waals surface area contributed by atoms with Crippen molar-refractivity contribution in [3.8, 4) is 0 Å². The summed E-state index contributed by atoms with van der Waals surface area (Å²) in [6.45, 7) is 6.55. The van der Waals surface area contributed by atoms with Crippen molar-refractivity contribution in [1.82, 2.24) is 14.7 Å². The second kappa shape index (κ2) is 8.15. The Labute approximate surface area is 166 Å². The summed E-state index contributed by atoms with van der Waals surface area (Å²) in [5.74, 6) is 0.0764. The molecule has 0 N–H and O–H groups in total. The van der Waals surface area contributed by atoms with Crippen molar-refractivity contribution < 1.29 is 9.59 Å². The number of rotatable bonds is 4. The number of benzene rings is 2. The fourth-order valence-corrected chi connectivity index (χ4v) is 4.22. The van der Waals surface area contributed by atoms with Crippen molar-refractivity contribution in [3.63, 3.8) is 0 Å². The molecule has 2 aromatic carbocycles. The summed E-state index contributed by atoms with van der Waals surface area (Å²) in [5, 5.41) is 0. The van der Waals surface area contributed by atoms with Crippen LogP contribution >= 0.6 is 0 Å². The first-order valence-corrected chi connectivity index (χ1v) is 10.0. The van der Waals surface area contributed by atoms with Crippen LogP contribution in [0.15, 0.2) is 60.7 Å². The van der Waals surface area contributed by atoms with Gasteiger partial charge in [0.1, 0.15) is 0 Å². The lowest BCUT2D eigenvalue weighted by Gasteiger charge is -2.48. The Hall–Kier alpha value is -2.66. The predicted octanol–water partition coefficient (Wildman–Crippen LogP) is 2.19. The van der Waals surface area contributed by atoms with Crippen molar-refractivity contribution >= 4 is 11.8 Å². The van der Waals surface area contributed by atoms with E-state index in [4.69, 9.17) is 0 Å². The van der Waals surface area contributed by atoms with Gasteiger partial charge >= 0.3 is 0 Å². The van der Waals surface area contributed by atoms with E-state index in [2.05, 4.69) is 4.90 Å². The van der Waals surface area contributed by atoms with Crippen molar-refractivity contribution in [2.24, 2.45) is 0 Å². The van der Waals surface area contributed by atoms with Crippen LogP contribution in [0.2, 0.25) is 0 Å². The molecule has 2 amide bonds. The van der Waals surface area contributed by atoms with Crippen molar-refractivity contribution in [2.75, 3.05) is 39.3 Å². The standard InChI is InChI=1S/C23H27N3O2/c1-18(27)24-12-14-25(15-13-24)21-16-26(17-21)23(28)22(19-8-4-2-5-9-19)20-10-6-3-7-11-20/h2-11,21-22H,12-17H2,1H3. The maximum Gasteiger partial charge on any atom is 0.234 e. The van der Waals surface area contributed by atoms with Crippen LogP contribution in [0.1, 0.15) is 24.0 Å². The highest BCUT2D eigenvalue weighted by Crippen LogP contribution is 2.29. The van der Waals surface area contributed by atoms with Crippen LogP contribution in [0.4, 0.5) is 0 Å². The summed E-state index contributed by atoms with van der Waals surface area (Å²) < 4.78 is 0. The van der Waals surface area contributed by atoms with E-state index in [-0.39, 0.29) is 17.7 Å². The minimum absolute atomic E-state index is 0.152. The highest BCUT2D eigenvalue weighted by Gasteiger charge is 2.39. The van der Waals surface area contributed by atoms with Gasteiger partial charge in [-0.2, -0.15) is 0 Å². The topological polar surface area (TPSA) is 43.9 Å². The third-order valence-electron chi connectivity index (χ3n) is 5.96. The molecule has 5 heteroatoms. The zero-order valence-electron chi connectivity index (χ0n) is 16.3. The maximum atomic E-state index is 13.4. The summed E-state index contributed by atoms with van der Waals surface area (Å²) in [4.78, 5) is 31.2. The zero-order chi connectivity index (χ0) is 19.5. The monoisotopic (exact) mass is 377 g/mol. The van der Waals surface area contributed by atoms with Gasteiger partial charge in [-0.05, 0) is 11.1 Å². The van der Waals surface area contributed by atoms with Gasteiger partial charge in [0, 0.05) is 52.2 Å². The summed E-state index contributed by atoms with van der Waals surface area (Å²) in [7, 11) is 0. The Morgan fingerprint density at radius 2 is 1.29 bits per heavy atom. The molecule has 0 spiro atoms. The smallest absolute Gasteiger partial charge is 0.234 e. The zero-order valence-corrected chi connectivity index (χ0v) is 16.3. The molecule has 0 atom stereocenters. The van der Waals surface area contributed by atoms with E-state index in [0.717, 1.165) is 50.4 Å². The Morgan fingerprint density at radius 3 is 1.75 bits per heavy atom. The third-order valence-corrected chi connectivity index (χ3v) is 5.96. The van der Waals surface area contributed by atoms with Crippen LogP contribution in [0.25, 0.3) is 0 Å². The molecule has 0 saturated carbocycles. The van der Waals surface area contributed by atoms with Gasteiger partial charge in [-0.3, -0.25) is 14.5 Å². The first-order chi connectivity index (χ1) is 13.6. The maximum absolute atomic E-state index is 13.4. The highest BCUT2D eigenvalue weighted by molar-refractivity contribution is 5.88. The van der Waals surface area contributed by atoms with Crippen LogP contribution in [0, 0.1) is 0 Å². The van der Waals surface area contributed by atoms with Crippen molar-refractivity contribution in [3.05, 3.63) is 71.8 Å². The van der Waals surface area contributed by atoms with Gasteiger partial charge in [0.25, 0.3) is 0 Å². The average Bonchev–Trinajstić information content (AvgIpc) is 2.69. The summed E-state index contributed by atoms with van der Waals surface area (Å²) in [5.41, 5.74) is 2.08. The summed E-state index contributed by atoms with van der Waals surface area (Å²) in [6, 6.07) is 20.5. The van der Waals surface area contributed by atoms with Gasteiger partial charge in [-0.15, -0.1) is 0 Å². The van der Waals surface area contributed by atoms with Crippen LogP contribution in [-0.2, 0) is 9.59 Å². The number of likely N-dealkylation sites (tertiary alicyclic amines) is 1. The van der Waals surface area contributed by atoms with Gasteiger partial charge in [0.05, 0.1) is 5.92 Å². The lowest BCUT2D eigenvalue weighted by atomic mass is 9.88. The Morgan fingerprint density at radius 1 is 0.786 bits per heavy atom. The largest absolute Gasteiger partial charge is 0.340 e. The molecule has 2 heterocycles. The molecule has 5 nitrogen and oxygen atoms in total. The normalized spacial score (nSPS) is 18.2. The average molecular weight is 377 g/mol. The number of carbonyl (C=O) groups excluding carboxylic acids is 2. The fraction of sp³-hybridized carbons (Fsp3) is 0.391. The first-order valence-electron chi connectivity index (χ1n) is 10.0. The van der Waals surface area contributed by atoms with Crippen molar-refractivity contribution in [2.45, 2.75) is 18.9 Å². The number of nitrogens with zero attached hydrogens (tertiary/aromatic N) is 3. The number of hydrogen-bond acceptors (Lipinski definition) is 3. The van der Waals surface area contributed by atoms with Gasteiger partial charge < -0.3 is 9.80 Å². The number of amides is 2. The molecule has 0 aromatic heterocycles.